The summed E-state index contributed by atoms with van der Waals surface area (Å²) in [5.41, 5.74) is 2.24. The molecular formula is C21H26N4O3. The highest BCUT2D eigenvalue weighted by molar-refractivity contribution is 5.74. The van der Waals surface area contributed by atoms with Gasteiger partial charge in [-0.2, -0.15) is 0 Å². The number of aromatic nitrogens is 1. The van der Waals surface area contributed by atoms with Gasteiger partial charge in [0.25, 0.3) is 0 Å². The van der Waals surface area contributed by atoms with E-state index in [1.165, 1.54) is 5.56 Å². The first-order chi connectivity index (χ1) is 13.7. The van der Waals surface area contributed by atoms with E-state index >= 15 is 0 Å². The van der Waals surface area contributed by atoms with Gasteiger partial charge < -0.3 is 19.7 Å². The second-order valence-electron chi connectivity index (χ2n) is 7.15. The van der Waals surface area contributed by atoms with E-state index in [-0.39, 0.29) is 12.1 Å². The fourth-order valence-electron chi connectivity index (χ4n) is 3.65. The van der Waals surface area contributed by atoms with Gasteiger partial charge in [0.15, 0.2) is 11.5 Å². The Morgan fingerprint density at radius 3 is 2.75 bits per heavy atom. The maximum Gasteiger partial charge on any atom is 0.317 e. The molecule has 2 amide bonds. The zero-order valence-corrected chi connectivity index (χ0v) is 16.1. The SMILES string of the molecule is CC[C@H](NC(=O)N1CCN(Cc2ccc3c(c2)OCO3)CC1)c1cccnc1. The lowest BCUT2D eigenvalue weighted by Gasteiger charge is -2.35. The van der Waals surface area contributed by atoms with E-state index in [2.05, 4.69) is 28.2 Å². The first-order valence-electron chi connectivity index (χ1n) is 9.79. The minimum Gasteiger partial charge on any atom is -0.454 e. The quantitative estimate of drug-likeness (QED) is 0.861. The normalized spacial score (nSPS) is 17.4. The van der Waals surface area contributed by atoms with Crippen molar-refractivity contribution in [2.75, 3.05) is 33.0 Å². The van der Waals surface area contributed by atoms with Crippen LogP contribution in [0, 0.1) is 0 Å². The first-order valence-corrected chi connectivity index (χ1v) is 9.79. The summed E-state index contributed by atoms with van der Waals surface area (Å²) in [5, 5.41) is 3.14. The van der Waals surface area contributed by atoms with Crippen molar-refractivity contribution in [1.82, 2.24) is 20.1 Å². The Kier molecular flexibility index (Phi) is 5.62. The molecule has 3 heterocycles. The number of carbonyl (C=O) groups is 1. The molecule has 4 rings (SSSR count). The van der Waals surface area contributed by atoms with Crippen LogP contribution in [0.1, 0.15) is 30.5 Å². The molecule has 1 N–H and O–H groups in total. The van der Waals surface area contributed by atoms with Crippen molar-refractivity contribution in [2.45, 2.75) is 25.9 Å². The third-order valence-electron chi connectivity index (χ3n) is 5.30. The fourth-order valence-corrected chi connectivity index (χ4v) is 3.65. The summed E-state index contributed by atoms with van der Waals surface area (Å²) in [6.45, 7) is 6.36. The number of pyridine rings is 1. The van der Waals surface area contributed by atoms with Crippen LogP contribution in [0.4, 0.5) is 4.79 Å². The summed E-state index contributed by atoms with van der Waals surface area (Å²) < 4.78 is 10.8. The summed E-state index contributed by atoms with van der Waals surface area (Å²) in [6.07, 6.45) is 4.40. The molecule has 0 unspecified atom stereocenters. The highest BCUT2D eigenvalue weighted by Crippen LogP contribution is 2.32. The van der Waals surface area contributed by atoms with E-state index in [9.17, 15) is 4.79 Å². The van der Waals surface area contributed by atoms with Gasteiger partial charge in [-0.1, -0.05) is 19.1 Å². The number of rotatable bonds is 5. The number of nitrogens with zero attached hydrogens (tertiary/aromatic N) is 3. The zero-order chi connectivity index (χ0) is 19.3. The van der Waals surface area contributed by atoms with Gasteiger partial charge in [-0.15, -0.1) is 0 Å². The Balaban J connectivity index is 1.28. The molecular weight excluding hydrogens is 356 g/mol. The molecule has 1 saturated heterocycles. The smallest absolute Gasteiger partial charge is 0.317 e. The Morgan fingerprint density at radius 1 is 1.18 bits per heavy atom. The molecule has 2 aromatic rings. The maximum absolute atomic E-state index is 12.7. The van der Waals surface area contributed by atoms with Gasteiger partial charge in [0.2, 0.25) is 6.79 Å². The van der Waals surface area contributed by atoms with E-state index < -0.39 is 0 Å². The molecule has 0 aliphatic carbocycles. The number of fused-ring (bicyclic) bond motifs is 1. The second-order valence-corrected chi connectivity index (χ2v) is 7.15. The summed E-state index contributed by atoms with van der Waals surface area (Å²) in [7, 11) is 0. The molecule has 0 radical (unpaired) electrons. The highest BCUT2D eigenvalue weighted by atomic mass is 16.7. The van der Waals surface area contributed by atoms with Crippen molar-refractivity contribution in [3.05, 3.63) is 53.9 Å². The van der Waals surface area contributed by atoms with Crippen LogP contribution < -0.4 is 14.8 Å². The lowest BCUT2D eigenvalue weighted by molar-refractivity contribution is 0.133. The molecule has 1 atom stereocenters. The van der Waals surface area contributed by atoms with Gasteiger partial charge >= 0.3 is 6.03 Å². The van der Waals surface area contributed by atoms with Crippen molar-refractivity contribution in [3.63, 3.8) is 0 Å². The largest absolute Gasteiger partial charge is 0.454 e. The zero-order valence-electron chi connectivity index (χ0n) is 16.1. The topological polar surface area (TPSA) is 66.9 Å². The molecule has 148 valence electrons. The lowest BCUT2D eigenvalue weighted by atomic mass is 10.1. The van der Waals surface area contributed by atoms with E-state index in [1.807, 2.05) is 35.4 Å². The number of urea groups is 1. The van der Waals surface area contributed by atoms with Crippen molar-refractivity contribution >= 4 is 6.03 Å². The Hall–Kier alpha value is -2.80. The van der Waals surface area contributed by atoms with Gasteiger partial charge in [0, 0.05) is 45.1 Å². The van der Waals surface area contributed by atoms with E-state index in [0.29, 0.717) is 6.79 Å². The molecule has 2 aliphatic rings. The Morgan fingerprint density at radius 2 is 2.00 bits per heavy atom. The molecule has 28 heavy (non-hydrogen) atoms. The lowest BCUT2D eigenvalue weighted by Crippen LogP contribution is -2.51. The third-order valence-corrected chi connectivity index (χ3v) is 5.30. The number of benzene rings is 1. The first kappa shape index (κ1) is 18.6. The summed E-state index contributed by atoms with van der Waals surface area (Å²) in [5.74, 6) is 1.63. The van der Waals surface area contributed by atoms with E-state index in [1.54, 1.807) is 6.20 Å². The molecule has 1 aromatic heterocycles. The van der Waals surface area contributed by atoms with Crippen LogP contribution in [0.3, 0.4) is 0 Å². The van der Waals surface area contributed by atoms with Gasteiger partial charge in [0.1, 0.15) is 0 Å². The number of ether oxygens (including phenoxy) is 2. The maximum atomic E-state index is 12.7. The predicted octanol–water partition coefficient (Wildman–Crippen LogP) is 2.79. The average Bonchev–Trinajstić information content (AvgIpc) is 3.21. The van der Waals surface area contributed by atoms with Crippen LogP contribution in [0.5, 0.6) is 11.5 Å². The van der Waals surface area contributed by atoms with Crippen LogP contribution in [0.2, 0.25) is 0 Å². The van der Waals surface area contributed by atoms with Crippen molar-refractivity contribution in [2.24, 2.45) is 0 Å². The molecule has 0 spiro atoms. The predicted molar refractivity (Wildman–Crippen MR) is 105 cm³/mol. The minimum atomic E-state index is -0.00661. The molecule has 0 saturated carbocycles. The summed E-state index contributed by atoms with van der Waals surface area (Å²) in [6, 6.07) is 9.98. The van der Waals surface area contributed by atoms with Crippen LogP contribution in [-0.4, -0.2) is 53.8 Å². The van der Waals surface area contributed by atoms with Gasteiger partial charge in [-0.05, 0) is 35.7 Å². The van der Waals surface area contributed by atoms with Crippen LogP contribution in [0.15, 0.2) is 42.7 Å². The van der Waals surface area contributed by atoms with E-state index in [0.717, 1.165) is 56.2 Å². The number of piperazine rings is 1. The summed E-state index contributed by atoms with van der Waals surface area (Å²) in [4.78, 5) is 21.1. The van der Waals surface area contributed by atoms with Crippen LogP contribution in [0.25, 0.3) is 0 Å². The minimum absolute atomic E-state index is 0.00145. The number of carbonyl (C=O) groups excluding carboxylic acids is 1. The standard InChI is InChI=1S/C21H26N4O3/c1-2-18(17-4-3-7-22-13-17)23-21(26)25-10-8-24(9-11-25)14-16-5-6-19-20(12-16)28-15-27-19/h3-7,12-13,18H,2,8-11,14-15H2,1H3,(H,23,26)/t18-/m0/s1. The summed E-state index contributed by atoms with van der Waals surface area (Å²) >= 11 is 0. The van der Waals surface area contributed by atoms with E-state index in [4.69, 9.17) is 9.47 Å². The third kappa shape index (κ3) is 4.20. The Bertz CT molecular complexity index is 807. The van der Waals surface area contributed by atoms with Gasteiger partial charge in [0.05, 0.1) is 6.04 Å². The molecule has 7 nitrogen and oxygen atoms in total. The number of amides is 2. The molecule has 7 heteroatoms. The van der Waals surface area contributed by atoms with Gasteiger partial charge in [-0.3, -0.25) is 9.88 Å². The average molecular weight is 382 g/mol. The molecule has 0 bridgehead atoms. The highest BCUT2D eigenvalue weighted by Gasteiger charge is 2.23. The molecule has 2 aliphatic heterocycles. The fraction of sp³-hybridized carbons (Fsp3) is 0.429. The molecule has 1 aromatic carbocycles. The number of hydrogen-bond acceptors (Lipinski definition) is 5. The van der Waals surface area contributed by atoms with Gasteiger partial charge in [-0.25, -0.2) is 4.79 Å². The van der Waals surface area contributed by atoms with Crippen LogP contribution >= 0.6 is 0 Å². The monoisotopic (exact) mass is 382 g/mol. The van der Waals surface area contributed by atoms with Crippen molar-refractivity contribution < 1.29 is 14.3 Å². The number of hydrogen-bond donors (Lipinski definition) is 1. The second kappa shape index (κ2) is 8.48. The van der Waals surface area contributed by atoms with Crippen LogP contribution in [-0.2, 0) is 6.54 Å². The van der Waals surface area contributed by atoms with Crippen molar-refractivity contribution in [1.29, 1.82) is 0 Å². The molecule has 1 fully saturated rings. The Labute approximate surface area is 165 Å². The van der Waals surface area contributed by atoms with Crippen molar-refractivity contribution in [3.8, 4) is 11.5 Å². The number of nitrogens with one attached hydrogen (secondary N) is 1.